The van der Waals surface area contributed by atoms with Crippen molar-refractivity contribution in [3.8, 4) is 0 Å². The van der Waals surface area contributed by atoms with E-state index in [-0.39, 0.29) is 5.91 Å². The highest BCUT2D eigenvalue weighted by molar-refractivity contribution is 5.77. The predicted octanol–water partition coefficient (Wildman–Crippen LogP) is 1.10. The number of nitrogens with zero attached hydrogens (tertiary/aromatic N) is 3. The number of H-pyrrole nitrogens is 1. The van der Waals surface area contributed by atoms with E-state index in [2.05, 4.69) is 20.3 Å². The molecule has 6 nitrogen and oxygen atoms in total. The number of aromatic amines is 1. The molecule has 1 atom stereocenters. The lowest BCUT2D eigenvalue weighted by Crippen LogP contribution is -2.47. The summed E-state index contributed by atoms with van der Waals surface area (Å²) in [5, 5.41) is 3.26. The smallest absolute Gasteiger partial charge is 0.223 e. The van der Waals surface area contributed by atoms with Crippen LogP contribution in [-0.4, -0.2) is 51.9 Å². The number of rotatable bonds is 4. The number of pyridine rings is 1. The zero-order valence-corrected chi connectivity index (χ0v) is 12.3. The summed E-state index contributed by atoms with van der Waals surface area (Å²) in [6.07, 6.45) is 5.08. The van der Waals surface area contributed by atoms with Gasteiger partial charge in [-0.3, -0.25) is 4.79 Å². The van der Waals surface area contributed by atoms with Crippen molar-refractivity contribution < 1.29 is 4.79 Å². The first-order chi connectivity index (χ1) is 10.3. The van der Waals surface area contributed by atoms with Crippen LogP contribution in [0.3, 0.4) is 0 Å². The van der Waals surface area contributed by atoms with Crippen LogP contribution in [0.5, 0.6) is 0 Å². The third kappa shape index (κ3) is 3.21. The number of piperidine rings is 1. The van der Waals surface area contributed by atoms with Crippen LogP contribution in [0.2, 0.25) is 0 Å². The Hall–Kier alpha value is -1.95. The number of carbonyl (C=O) groups excluding carboxylic acids is 1. The normalized spacial score (nSPS) is 19.1. The Morgan fingerprint density at radius 2 is 2.48 bits per heavy atom. The number of imidazole rings is 1. The minimum atomic E-state index is 0.211. The van der Waals surface area contributed by atoms with Crippen LogP contribution < -0.4 is 5.32 Å². The molecule has 2 aromatic rings. The fourth-order valence-electron chi connectivity index (χ4n) is 2.84. The molecule has 3 heterocycles. The minimum Gasteiger partial charge on any atom is -0.341 e. The fraction of sp³-hybridized carbons (Fsp3) is 0.533. The first kappa shape index (κ1) is 14.0. The van der Waals surface area contributed by atoms with Gasteiger partial charge in [-0.15, -0.1) is 0 Å². The molecule has 3 rings (SSSR count). The molecule has 2 aromatic heterocycles. The Balaban J connectivity index is 1.57. The molecule has 1 fully saturated rings. The number of likely N-dealkylation sites (N-methyl/N-ethyl adjacent to an activating group) is 1. The SMILES string of the molecule is CN[C@H]1CCCN(C(=O)CCc2nc3ncccc3[nH]2)C1. The van der Waals surface area contributed by atoms with E-state index in [1.54, 1.807) is 6.20 Å². The van der Waals surface area contributed by atoms with Gasteiger partial charge in [0.2, 0.25) is 5.91 Å². The number of aryl methyl sites for hydroxylation is 1. The Labute approximate surface area is 124 Å². The third-order valence-corrected chi connectivity index (χ3v) is 4.06. The van der Waals surface area contributed by atoms with Gasteiger partial charge in [0, 0.05) is 38.2 Å². The first-order valence-electron chi connectivity index (χ1n) is 7.51. The number of hydrogen-bond acceptors (Lipinski definition) is 4. The summed E-state index contributed by atoms with van der Waals surface area (Å²) >= 11 is 0. The number of fused-ring (bicyclic) bond motifs is 1. The molecule has 0 saturated carbocycles. The molecule has 1 aliphatic rings. The van der Waals surface area contributed by atoms with Gasteiger partial charge in [-0.05, 0) is 32.0 Å². The molecule has 1 amide bonds. The molecule has 0 unspecified atom stereocenters. The third-order valence-electron chi connectivity index (χ3n) is 4.06. The number of nitrogens with one attached hydrogen (secondary N) is 2. The molecule has 112 valence electrons. The number of likely N-dealkylation sites (tertiary alicyclic amines) is 1. The molecule has 0 spiro atoms. The van der Waals surface area contributed by atoms with E-state index in [1.165, 1.54) is 0 Å². The van der Waals surface area contributed by atoms with E-state index in [0.29, 0.717) is 24.5 Å². The van der Waals surface area contributed by atoms with Crippen LogP contribution in [0.4, 0.5) is 0 Å². The molecule has 0 radical (unpaired) electrons. The lowest BCUT2D eigenvalue weighted by Gasteiger charge is -2.32. The van der Waals surface area contributed by atoms with E-state index >= 15 is 0 Å². The zero-order chi connectivity index (χ0) is 14.7. The average molecular weight is 287 g/mol. The fourth-order valence-corrected chi connectivity index (χ4v) is 2.84. The molecule has 2 N–H and O–H groups in total. The van der Waals surface area contributed by atoms with Gasteiger partial charge in [-0.1, -0.05) is 0 Å². The zero-order valence-electron chi connectivity index (χ0n) is 12.3. The molecule has 1 aliphatic heterocycles. The summed E-state index contributed by atoms with van der Waals surface area (Å²) in [4.78, 5) is 26.1. The topological polar surface area (TPSA) is 73.9 Å². The summed E-state index contributed by atoms with van der Waals surface area (Å²) in [6.45, 7) is 1.69. The van der Waals surface area contributed by atoms with E-state index in [0.717, 1.165) is 37.3 Å². The minimum absolute atomic E-state index is 0.211. The highest BCUT2D eigenvalue weighted by Crippen LogP contribution is 2.13. The Bertz CT molecular complexity index is 590. The standard InChI is InChI=1S/C15H21N5O/c1-16-11-4-3-9-20(10-11)14(21)7-6-13-18-12-5-2-8-17-15(12)19-13/h2,5,8,11,16H,3-4,6-7,9-10H2,1H3,(H,17,18,19)/t11-/m0/s1. The van der Waals surface area contributed by atoms with Crippen LogP contribution in [0.15, 0.2) is 18.3 Å². The van der Waals surface area contributed by atoms with Crippen molar-refractivity contribution in [1.82, 2.24) is 25.2 Å². The second-order valence-electron chi connectivity index (χ2n) is 5.53. The summed E-state index contributed by atoms with van der Waals surface area (Å²) in [7, 11) is 1.96. The van der Waals surface area contributed by atoms with E-state index in [4.69, 9.17) is 0 Å². The van der Waals surface area contributed by atoms with Crippen molar-refractivity contribution >= 4 is 17.1 Å². The molecule has 0 aromatic carbocycles. The molecule has 6 heteroatoms. The van der Waals surface area contributed by atoms with Crippen molar-refractivity contribution in [2.75, 3.05) is 20.1 Å². The monoisotopic (exact) mass is 287 g/mol. The maximum Gasteiger partial charge on any atom is 0.223 e. The summed E-state index contributed by atoms with van der Waals surface area (Å²) in [6, 6.07) is 4.25. The Morgan fingerprint density at radius 3 is 3.29 bits per heavy atom. The second-order valence-corrected chi connectivity index (χ2v) is 5.53. The Kier molecular flexibility index (Phi) is 4.15. The molecular weight excluding hydrogens is 266 g/mol. The highest BCUT2D eigenvalue weighted by atomic mass is 16.2. The van der Waals surface area contributed by atoms with Crippen LogP contribution >= 0.6 is 0 Å². The van der Waals surface area contributed by atoms with Crippen molar-refractivity contribution in [3.05, 3.63) is 24.2 Å². The van der Waals surface area contributed by atoms with Crippen molar-refractivity contribution in [2.45, 2.75) is 31.7 Å². The van der Waals surface area contributed by atoms with Gasteiger partial charge in [0.25, 0.3) is 0 Å². The molecule has 1 saturated heterocycles. The van der Waals surface area contributed by atoms with E-state index < -0.39 is 0 Å². The van der Waals surface area contributed by atoms with E-state index in [1.807, 2.05) is 24.1 Å². The van der Waals surface area contributed by atoms with Crippen LogP contribution in [0.1, 0.15) is 25.1 Å². The lowest BCUT2D eigenvalue weighted by molar-refractivity contribution is -0.132. The number of aromatic nitrogens is 3. The van der Waals surface area contributed by atoms with Gasteiger partial charge in [0.05, 0.1) is 5.52 Å². The summed E-state index contributed by atoms with van der Waals surface area (Å²) in [5.74, 6) is 1.04. The van der Waals surface area contributed by atoms with Crippen LogP contribution in [-0.2, 0) is 11.2 Å². The number of amides is 1. The van der Waals surface area contributed by atoms with Crippen molar-refractivity contribution in [3.63, 3.8) is 0 Å². The maximum atomic E-state index is 12.3. The predicted molar refractivity (Wildman–Crippen MR) is 80.9 cm³/mol. The highest BCUT2D eigenvalue weighted by Gasteiger charge is 2.22. The number of carbonyl (C=O) groups is 1. The summed E-state index contributed by atoms with van der Waals surface area (Å²) < 4.78 is 0. The van der Waals surface area contributed by atoms with Gasteiger partial charge in [-0.25, -0.2) is 9.97 Å². The Morgan fingerprint density at radius 1 is 1.57 bits per heavy atom. The van der Waals surface area contributed by atoms with Crippen molar-refractivity contribution in [2.24, 2.45) is 0 Å². The molecular formula is C15H21N5O. The quantitative estimate of drug-likeness (QED) is 0.883. The molecule has 0 bridgehead atoms. The molecule has 21 heavy (non-hydrogen) atoms. The number of hydrogen-bond donors (Lipinski definition) is 2. The lowest BCUT2D eigenvalue weighted by atomic mass is 10.1. The first-order valence-corrected chi connectivity index (χ1v) is 7.51. The van der Waals surface area contributed by atoms with Gasteiger partial charge in [-0.2, -0.15) is 0 Å². The van der Waals surface area contributed by atoms with E-state index in [9.17, 15) is 4.79 Å². The van der Waals surface area contributed by atoms with Gasteiger partial charge >= 0.3 is 0 Å². The molecule has 0 aliphatic carbocycles. The van der Waals surface area contributed by atoms with Crippen molar-refractivity contribution in [1.29, 1.82) is 0 Å². The summed E-state index contributed by atoms with van der Waals surface area (Å²) in [5.41, 5.74) is 1.64. The van der Waals surface area contributed by atoms with Gasteiger partial charge in [0.15, 0.2) is 5.65 Å². The second kappa shape index (κ2) is 6.22. The van der Waals surface area contributed by atoms with Gasteiger partial charge < -0.3 is 15.2 Å². The van der Waals surface area contributed by atoms with Crippen LogP contribution in [0, 0.1) is 0 Å². The largest absolute Gasteiger partial charge is 0.341 e. The van der Waals surface area contributed by atoms with Gasteiger partial charge in [0.1, 0.15) is 5.82 Å². The van der Waals surface area contributed by atoms with Crippen LogP contribution in [0.25, 0.3) is 11.2 Å². The average Bonchev–Trinajstić information content (AvgIpc) is 2.95. The maximum absolute atomic E-state index is 12.3.